The molecule has 2 fully saturated rings. The maximum absolute atomic E-state index is 5.71. The molecule has 0 unspecified atom stereocenters. The molecule has 6 heteroatoms. The summed E-state index contributed by atoms with van der Waals surface area (Å²) in [5, 5.41) is 0. The molecule has 1 saturated heterocycles. The zero-order valence-corrected chi connectivity index (χ0v) is 12.1. The largest absolute Gasteiger partial charge is 0.467 e. The lowest BCUT2D eigenvalue weighted by molar-refractivity contribution is 0.143. The zero-order chi connectivity index (χ0) is 14.0. The summed E-state index contributed by atoms with van der Waals surface area (Å²) >= 11 is 0. The van der Waals surface area contributed by atoms with Gasteiger partial charge in [0, 0.05) is 13.1 Å². The molecule has 0 aromatic carbocycles. The van der Waals surface area contributed by atoms with E-state index >= 15 is 0 Å². The van der Waals surface area contributed by atoms with Crippen molar-refractivity contribution >= 4 is 11.9 Å². The molecule has 6 nitrogen and oxygen atoms in total. The van der Waals surface area contributed by atoms with Gasteiger partial charge in [-0.1, -0.05) is 19.3 Å². The summed E-state index contributed by atoms with van der Waals surface area (Å²) in [6, 6.07) is 0.297. The molecule has 0 atom stereocenters. The van der Waals surface area contributed by atoms with E-state index in [0.29, 0.717) is 17.4 Å². The van der Waals surface area contributed by atoms with Crippen molar-refractivity contribution in [3.05, 3.63) is 0 Å². The highest BCUT2D eigenvalue weighted by atomic mass is 16.5. The number of nitrogen functional groups attached to an aromatic ring is 1. The third-order valence-corrected chi connectivity index (χ3v) is 4.82. The van der Waals surface area contributed by atoms with E-state index in [0.717, 1.165) is 13.1 Å². The first kappa shape index (κ1) is 13.4. The number of piperidine rings is 1. The minimum atomic E-state index is 0.227. The van der Waals surface area contributed by atoms with Crippen molar-refractivity contribution in [2.45, 2.75) is 44.9 Å². The van der Waals surface area contributed by atoms with Crippen molar-refractivity contribution in [1.82, 2.24) is 15.0 Å². The van der Waals surface area contributed by atoms with Crippen LogP contribution in [0.2, 0.25) is 0 Å². The van der Waals surface area contributed by atoms with Crippen LogP contribution in [0.5, 0.6) is 6.01 Å². The van der Waals surface area contributed by atoms with Gasteiger partial charge in [-0.05, 0) is 31.1 Å². The maximum Gasteiger partial charge on any atom is 0.322 e. The van der Waals surface area contributed by atoms with E-state index in [1.54, 1.807) is 7.11 Å². The van der Waals surface area contributed by atoms with Gasteiger partial charge in [-0.3, -0.25) is 0 Å². The van der Waals surface area contributed by atoms with Gasteiger partial charge in [0.15, 0.2) is 0 Å². The standard InChI is InChI=1S/C14H23N5O/c1-20-13-17-11(15)16-12(18-13)19-9-7-14(8-10-19)5-3-2-4-6-14/h2-10H2,1H3,(H2,15,16,17,18). The van der Waals surface area contributed by atoms with E-state index < -0.39 is 0 Å². The SMILES string of the molecule is COc1nc(N)nc(N2CCC3(CCCCC3)CC2)n1. The van der Waals surface area contributed by atoms with Crippen LogP contribution >= 0.6 is 0 Å². The van der Waals surface area contributed by atoms with E-state index in [1.807, 2.05) is 0 Å². The van der Waals surface area contributed by atoms with Crippen molar-refractivity contribution in [1.29, 1.82) is 0 Å². The second kappa shape index (κ2) is 5.42. The van der Waals surface area contributed by atoms with Crippen LogP contribution in [0.4, 0.5) is 11.9 Å². The number of methoxy groups -OCH3 is 1. The summed E-state index contributed by atoms with van der Waals surface area (Å²) < 4.78 is 5.07. The van der Waals surface area contributed by atoms with E-state index in [2.05, 4.69) is 19.9 Å². The molecule has 1 spiro atoms. The molecule has 2 aliphatic rings. The predicted octanol–water partition coefficient (Wildman–Crippen LogP) is 2.01. The van der Waals surface area contributed by atoms with Crippen LogP contribution in [-0.4, -0.2) is 35.2 Å². The van der Waals surface area contributed by atoms with Crippen molar-refractivity contribution in [3.63, 3.8) is 0 Å². The lowest BCUT2D eigenvalue weighted by Crippen LogP contribution is -2.42. The Morgan fingerprint density at radius 2 is 1.70 bits per heavy atom. The van der Waals surface area contributed by atoms with Crippen molar-refractivity contribution in [2.24, 2.45) is 5.41 Å². The Bertz CT molecular complexity index is 463. The molecule has 1 aromatic heterocycles. The smallest absolute Gasteiger partial charge is 0.322 e. The number of ether oxygens (including phenoxy) is 1. The quantitative estimate of drug-likeness (QED) is 0.891. The van der Waals surface area contributed by atoms with Crippen LogP contribution in [0.25, 0.3) is 0 Å². The Labute approximate surface area is 119 Å². The summed E-state index contributed by atoms with van der Waals surface area (Å²) in [5.74, 6) is 0.879. The van der Waals surface area contributed by atoms with Gasteiger partial charge in [0.2, 0.25) is 11.9 Å². The Kier molecular flexibility index (Phi) is 3.63. The van der Waals surface area contributed by atoms with Gasteiger partial charge >= 0.3 is 6.01 Å². The molecule has 1 aliphatic heterocycles. The van der Waals surface area contributed by atoms with Gasteiger partial charge in [0.1, 0.15) is 0 Å². The van der Waals surface area contributed by atoms with Crippen LogP contribution in [0.1, 0.15) is 44.9 Å². The van der Waals surface area contributed by atoms with Gasteiger partial charge < -0.3 is 15.4 Å². The molecular weight excluding hydrogens is 254 g/mol. The van der Waals surface area contributed by atoms with Gasteiger partial charge in [-0.25, -0.2) is 0 Å². The van der Waals surface area contributed by atoms with Gasteiger partial charge in [0.25, 0.3) is 0 Å². The third kappa shape index (κ3) is 2.64. The summed E-state index contributed by atoms with van der Waals surface area (Å²) in [6.07, 6.45) is 9.46. The van der Waals surface area contributed by atoms with Crippen LogP contribution in [-0.2, 0) is 0 Å². The summed E-state index contributed by atoms with van der Waals surface area (Å²) in [5.41, 5.74) is 6.29. The number of anilines is 2. The second-order valence-corrected chi connectivity index (χ2v) is 6.03. The molecular formula is C14H23N5O. The summed E-state index contributed by atoms with van der Waals surface area (Å²) in [6.45, 7) is 2.01. The molecule has 110 valence electrons. The van der Waals surface area contributed by atoms with Crippen molar-refractivity contribution < 1.29 is 4.74 Å². The summed E-state index contributed by atoms with van der Waals surface area (Å²) in [4.78, 5) is 14.7. The monoisotopic (exact) mass is 277 g/mol. The molecule has 2 heterocycles. The Morgan fingerprint density at radius 1 is 1.00 bits per heavy atom. The van der Waals surface area contributed by atoms with Crippen molar-refractivity contribution in [2.75, 3.05) is 30.8 Å². The van der Waals surface area contributed by atoms with Crippen LogP contribution in [0.3, 0.4) is 0 Å². The van der Waals surface area contributed by atoms with E-state index in [9.17, 15) is 0 Å². The first-order valence-corrected chi connectivity index (χ1v) is 7.51. The van der Waals surface area contributed by atoms with Gasteiger partial charge in [0.05, 0.1) is 7.11 Å². The van der Waals surface area contributed by atoms with Crippen LogP contribution < -0.4 is 15.4 Å². The Morgan fingerprint density at radius 3 is 2.35 bits per heavy atom. The lowest BCUT2D eigenvalue weighted by Gasteiger charge is -2.44. The number of nitrogens with two attached hydrogens (primary N) is 1. The Hall–Kier alpha value is -1.59. The zero-order valence-electron chi connectivity index (χ0n) is 12.1. The first-order chi connectivity index (χ1) is 9.71. The van der Waals surface area contributed by atoms with E-state index in [4.69, 9.17) is 10.5 Å². The molecule has 0 amide bonds. The molecule has 0 bridgehead atoms. The van der Waals surface area contributed by atoms with E-state index in [-0.39, 0.29) is 5.95 Å². The fourth-order valence-corrected chi connectivity index (χ4v) is 3.58. The fourth-order valence-electron chi connectivity index (χ4n) is 3.58. The van der Waals surface area contributed by atoms with Crippen molar-refractivity contribution in [3.8, 4) is 6.01 Å². The molecule has 20 heavy (non-hydrogen) atoms. The number of aromatic nitrogens is 3. The fraction of sp³-hybridized carbons (Fsp3) is 0.786. The molecule has 3 rings (SSSR count). The lowest BCUT2D eigenvalue weighted by atomic mass is 9.68. The number of nitrogens with zero attached hydrogens (tertiary/aromatic N) is 4. The molecule has 1 aliphatic carbocycles. The molecule has 1 saturated carbocycles. The number of hydrogen-bond acceptors (Lipinski definition) is 6. The predicted molar refractivity (Wildman–Crippen MR) is 77.8 cm³/mol. The first-order valence-electron chi connectivity index (χ1n) is 7.51. The minimum absolute atomic E-state index is 0.227. The Balaban J connectivity index is 1.70. The average molecular weight is 277 g/mol. The number of hydrogen-bond donors (Lipinski definition) is 1. The second-order valence-electron chi connectivity index (χ2n) is 6.03. The summed E-state index contributed by atoms with van der Waals surface area (Å²) in [7, 11) is 1.55. The third-order valence-electron chi connectivity index (χ3n) is 4.82. The highest BCUT2D eigenvalue weighted by Crippen LogP contribution is 2.44. The normalized spacial score (nSPS) is 21.9. The maximum atomic E-state index is 5.71. The molecule has 0 radical (unpaired) electrons. The van der Waals surface area contributed by atoms with Crippen LogP contribution in [0, 0.1) is 5.41 Å². The van der Waals surface area contributed by atoms with E-state index in [1.165, 1.54) is 44.9 Å². The molecule has 1 aromatic rings. The number of rotatable bonds is 2. The topological polar surface area (TPSA) is 77.2 Å². The van der Waals surface area contributed by atoms with Gasteiger partial charge in [-0.15, -0.1) is 0 Å². The highest BCUT2D eigenvalue weighted by Gasteiger charge is 2.36. The minimum Gasteiger partial charge on any atom is -0.467 e. The highest BCUT2D eigenvalue weighted by molar-refractivity contribution is 5.36. The molecule has 2 N–H and O–H groups in total. The van der Waals surface area contributed by atoms with Gasteiger partial charge in [-0.2, -0.15) is 15.0 Å². The average Bonchev–Trinajstić information content (AvgIpc) is 2.48. The van der Waals surface area contributed by atoms with Crippen LogP contribution in [0.15, 0.2) is 0 Å².